The lowest BCUT2D eigenvalue weighted by molar-refractivity contribution is 0.0726. The molecule has 22 heavy (non-hydrogen) atoms. The molecule has 0 unspecified atom stereocenters. The maximum absolute atomic E-state index is 13.5. The number of aromatic nitrogens is 1. The smallest absolute Gasteiger partial charge is 0.273 e. The van der Waals surface area contributed by atoms with Crippen molar-refractivity contribution in [1.29, 1.82) is 0 Å². The van der Waals surface area contributed by atoms with E-state index in [0.717, 1.165) is 17.0 Å². The van der Waals surface area contributed by atoms with E-state index < -0.39 is 0 Å². The Labute approximate surface area is 132 Å². The average molecular weight is 319 g/mol. The molecule has 116 valence electrons. The molecular weight excluding hydrogens is 301 g/mol. The van der Waals surface area contributed by atoms with Crippen LogP contribution >= 0.6 is 11.3 Å². The van der Waals surface area contributed by atoms with E-state index in [2.05, 4.69) is 11.9 Å². The van der Waals surface area contributed by atoms with Crippen LogP contribution in [0.1, 0.15) is 40.4 Å². The van der Waals surface area contributed by atoms with E-state index in [1.807, 2.05) is 6.07 Å². The van der Waals surface area contributed by atoms with Gasteiger partial charge in [0.1, 0.15) is 16.5 Å². The van der Waals surface area contributed by atoms with E-state index in [-0.39, 0.29) is 17.8 Å². The van der Waals surface area contributed by atoms with Crippen LogP contribution in [0.15, 0.2) is 29.6 Å². The lowest BCUT2D eigenvalue weighted by Crippen LogP contribution is -2.31. The maximum Gasteiger partial charge on any atom is 0.273 e. The summed E-state index contributed by atoms with van der Waals surface area (Å²) in [6.07, 6.45) is 0.836. The van der Waals surface area contributed by atoms with E-state index in [4.69, 9.17) is 5.73 Å². The molecule has 0 aliphatic carbocycles. The molecule has 0 saturated carbocycles. The fourth-order valence-corrected chi connectivity index (χ4v) is 3.60. The normalized spacial score (nSPS) is 21.3. The molecule has 1 aliphatic heterocycles. The summed E-state index contributed by atoms with van der Waals surface area (Å²) in [6.45, 7) is 3.10. The van der Waals surface area contributed by atoms with Crippen molar-refractivity contribution in [2.75, 3.05) is 6.54 Å². The van der Waals surface area contributed by atoms with Crippen LogP contribution in [0, 0.1) is 11.7 Å². The second-order valence-corrected chi connectivity index (χ2v) is 6.64. The number of carbonyl (C=O) groups excluding carboxylic acids is 1. The van der Waals surface area contributed by atoms with Crippen molar-refractivity contribution in [3.05, 3.63) is 51.7 Å². The summed E-state index contributed by atoms with van der Waals surface area (Å²) in [4.78, 5) is 18.8. The Morgan fingerprint density at radius 3 is 3.05 bits per heavy atom. The summed E-state index contributed by atoms with van der Waals surface area (Å²) in [5, 5.41) is 2.49. The van der Waals surface area contributed by atoms with Crippen molar-refractivity contribution in [1.82, 2.24) is 9.88 Å². The minimum atomic E-state index is -0.275. The zero-order valence-corrected chi connectivity index (χ0v) is 13.1. The summed E-state index contributed by atoms with van der Waals surface area (Å²) in [5.41, 5.74) is 6.83. The van der Waals surface area contributed by atoms with Gasteiger partial charge in [0.15, 0.2) is 0 Å². The fourth-order valence-electron chi connectivity index (χ4n) is 2.95. The van der Waals surface area contributed by atoms with Crippen LogP contribution in [0.4, 0.5) is 4.39 Å². The van der Waals surface area contributed by atoms with Gasteiger partial charge in [0.05, 0.1) is 6.04 Å². The zero-order valence-electron chi connectivity index (χ0n) is 12.3. The van der Waals surface area contributed by atoms with Gasteiger partial charge < -0.3 is 10.6 Å². The zero-order chi connectivity index (χ0) is 15.7. The van der Waals surface area contributed by atoms with Crippen LogP contribution in [-0.4, -0.2) is 22.3 Å². The van der Waals surface area contributed by atoms with Gasteiger partial charge in [0.25, 0.3) is 5.91 Å². The molecule has 0 radical (unpaired) electrons. The molecule has 1 amide bonds. The van der Waals surface area contributed by atoms with Crippen molar-refractivity contribution in [2.45, 2.75) is 25.9 Å². The molecule has 0 spiro atoms. The molecule has 1 aliphatic rings. The number of carbonyl (C=O) groups is 1. The van der Waals surface area contributed by atoms with Gasteiger partial charge in [-0.05, 0) is 30.0 Å². The summed E-state index contributed by atoms with van der Waals surface area (Å²) >= 11 is 1.39. The summed E-state index contributed by atoms with van der Waals surface area (Å²) in [5.74, 6) is 0.00271. The van der Waals surface area contributed by atoms with Crippen LogP contribution in [0.5, 0.6) is 0 Å². The van der Waals surface area contributed by atoms with Gasteiger partial charge in [-0.1, -0.05) is 19.1 Å². The second kappa shape index (κ2) is 6.14. The number of hydrogen-bond donors (Lipinski definition) is 1. The molecule has 4 nitrogen and oxygen atoms in total. The van der Waals surface area contributed by atoms with Crippen LogP contribution < -0.4 is 5.73 Å². The quantitative estimate of drug-likeness (QED) is 0.946. The molecule has 2 heterocycles. The number of likely N-dealkylation sites (tertiary alicyclic amines) is 1. The molecule has 2 aromatic rings. The van der Waals surface area contributed by atoms with Gasteiger partial charge in [0.2, 0.25) is 0 Å². The highest BCUT2D eigenvalue weighted by molar-refractivity contribution is 7.09. The lowest BCUT2D eigenvalue weighted by atomic mass is 10.0. The standard InChI is InChI=1S/C16H18FN3OS/c1-10-5-14(11-3-2-4-12(17)6-11)20(8-10)16(21)13-9-22-15(7-18)19-13/h2-4,6,9-10,14H,5,7-8,18H2,1H3/t10-,14+/m0/s1. The Kier molecular flexibility index (Phi) is 4.22. The predicted octanol–water partition coefficient (Wildman–Crippen LogP) is 2.96. The van der Waals surface area contributed by atoms with Crippen LogP contribution in [0.25, 0.3) is 0 Å². The van der Waals surface area contributed by atoms with Crippen LogP contribution in [0.3, 0.4) is 0 Å². The highest BCUT2D eigenvalue weighted by Gasteiger charge is 2.35. The molecule has 3 rings (SSSR count). The van der Waals surface area contributed by atoms with E-state index in [9.17, 15) is 9.18 Å². The number of nitrogens with two attached hydrogens (primary N) is 1. The summed E-state index contributed by atoms with van der Waals surface area (Å²) in [7, 11) is 0. The summed E-state index contributed by atoms with van der Waals surface area (Å²) in [6, 6.07) is 6.39. The number of halogens is 1. The Balaban J connectivity index is 1.88. The van der Waals surface area contributed by atoms with Crippen molar-refractivity contribution in [2.24, 2.45) is 11.7 Å². The Morgan fingerprint density at radius 1 is 1.55 bits per heavy atom. The van der Waals surface area contributed by atoms with Crippen molar-refractivity contribution >= 4 is 17.2 Å². The summed E-state index contributed by atoms with van der Waals surface area (Å²) < 4.78 is 13.5. The molecule has 2 atom stereocenters. The molecule has 0 bridgehead atoms. The molecule has 1 saturated heterocycles. The first kappa shape index (κ1) is 15.1. The van der Waals surface area contributed by atoms with Crippen LogP contribution in [-0.2, 0) is 6.54 Å². The van der Waals surface area contributed by atoms with E-state index >= 15 is 0 Å². The van der Waals surface area contributed by atoms with Crippen molar-refractivity contribution < 1.29 is 9.18 Å². The number of rotatable bonds is 3. The third-order valence-corrected chi connectivity index (χ3v) is 4.82. The fraction of sp³-hybridized carbons (Fsp3) is 0.375. The minimum absolute atomic E-state index is 0.0961. The highest BCUT2D eigenvalue weighted by Crippen LogP contribution is 2.36. The Hall–Kier alpha value is -1.79. The van der Waals surface area contributed by atoms with Crippen molar-refractivity contribution in [3.8, 4) is 0 Å². The van der Waals surface area contributed by atoms with Gasteiger partial charge >= 0.3 is 0 Å². The molecule has 6 heteroatoms. The minimum Gasteiger partial charge on any atom is -0.330 e. The first-order valence-electron chi connectivity index (χ1n) is 7.29. The largest absolute Gasteiger partial charge is 0.330 e. The SMILES string of the molecule is C[C@H]1C[C@H](c2cccc(F)c2)N(C(=O)c2csc(CN)n2)C1. The van der Waals surface area contributed by atoms with Crippen LogP contribution in [0.2, 0.25) is 0 Å². The number of benzene rings is 1. The topological polar surface area (TPSA) is 59.2 Å². The molecule has 1 aromatic carbocycles. The Morgan fingerprint density at radius 2 is 2.36 bits per heavy atom. The lowest BCUT2D eigenvalue weighted by Gasteiger charge is -2.24. The maximum atomic E-state index is 13.5. The Bertz CT molecular complexity index is 688. The van der Waals surface area contributed by atoms with Gasteiger partial charge in [-0.2, -0.15) is 0 Å². The monoisotopic (exact) mass is 319 g/mol. The predicted molar refractivity (Wildman–Crippen MR) is 84.0 cm³/mol. The third-order valence-electron chi connectivity index (χ3n) is 3.95. The number of amides is 1. The number of thiazole rings is 1. The first-order valence-corrected chi connectivity index (χ1v) is 8.17. The molecule has 1 fully saturated rings. The van der Waals surface area contributed by atoms with E-state index in [1.165, 1.54) is 23.5 Å². The van der Waals surface area contributed by atoms with Gasteiger partial charge in [-0.3, -0.25) is 4.79 Å². The molecular formula is C16H18FN3OS. The van der Waals surface area contributed by atoms with Gasteiger partial charge in [-0.25, -0.2) is 9.37 Å². The average Bonchev–Trinajstić information content (AvgIpc) is 3.13. The van der Waals surface area contributed by atoms with Gasteiger partial charge in [-0.15, -0.1) is 11.3 Å². The molecule has 1 aromatic heterocycles. The molecule has 2 N–H and O–H groups in total. The van der Waals surface area contributed by atoms with Crippen molar-refractivity contribution in [3.63, 3.8) is 0 Å². The van der Waals surface area contributed by atoms with E-state index in [0.29, 0.717) is 24.7 Å². The van der Waals surface area contributed by atoms with E-state index in [1.54, 1.807) is 16.3 Å². The highest BCUT2D eigenvalue weighted by atomic mass is 32.1. The second-order valence-electron chi connectivity index (χ2n) is 5.70. The number of nitrogens with zero attached hydrogens (tertiary/aromatic N) is 2. The number of hydrogen-bond acceptors (Lipinski definition) is 4. The van der Waals surface area contributed by atoms with Gasteiger partial charge in [0, 0.05) is 18.5 Å². The first-order chi connectivity index (χ1) is 10.6. The third kappa shape index (κ3) is 2.89.